The molecule has 0 aromatic heterocycles. The summed E-state index contributed by atoms with van der Waals surface area (Å²) in [6.07, 6.45) is 7.22. The first kappa shape index (κ1) is 14.9. The van der Waals surface area contributed by atoms with E-state index in [2.05, 4.69) is 6.92 Å². The Morgan fingerprint density at radius 2 is 1.87 bits per heavy atom. The van der Waals surface area contributed by atoms with E-state index in [4.69, 9.17) is 16.2 Å². The molecule has 0 spiro atoms. The standard InChI is InChI=1S/C12H28N2O/c1-2-3-4-5-9-15-11-12(10-14)7-6-8-13/h12H,2-11,13-14H2,1H3. The molecule has 0 amide bonds. The van der Waals surface area contributed by atoms with Gasteiger partial charge >= 0.3 is 0 Å². The zero-order valence-corrected chi connectivity index (χ0v) is 10.2. The summed E-state index contributed by atoms with van der Waals surface area (Å²) in [6, 6.07) is 0. The van der Waals surface area contributed by atoms with Gasteiger partial charge in [0.15, 0.2) is 0 Å². The minimum atomic E-state index is 0.500. The molecule has 0 aliphatic rings. The van der Waals surface area contributed by atoms with E-state index >= 15 is 0 Å². The number of hydrogen-bond donors (Lipinski definition) is 2. The van der Waals surface area contributed by atoms with Gasteiger partial charge in [0.2, 0.25) is 0 Å². The molecule has 4 N–H and O–H groups in total. The third-order valence-electron chi connectivity index (χ3n) is 2.65. The molecule has 0 fully saturated rings. The maximum Gasteiger partial charge on any atom is 0.0506 e. The molecule has 0 aliphatic carbocycles. The molecule has 0 saturated carbocycles. The van der Waals surface area contributed by atoms with Gasteiger partial charge < -0.3 is 16.2 Å². The fraction of sp³-hybridized carbons (Fsp3) is 1.00. The lowest BCUT2D eigenvalue weighted by Crippen LogP contribution is -2.21. The Bertz CT molecular complexity index is 120. The molecule has 0 saturated heterocycles. The molecule has 0 rings (SSSR count). The Morgan fingerprint density at radius 3 is 2.47 bits per heavy atom. The minimum Gasteiger partial charge on any atom is -0.381 e. The normalized spacial score (nSPS) is 13.0. The average Bonchev–Trinajstić information content (AvgIpc) is 2.27. The average molecular weight is 216 g/mol. The van der Waals surface area contributed by atoms with Crippen molar-refractivity contribution in [3.8, 4) is 0 Å². The smallest absolute Gasteiger partial charge is 0.0506 e. The van der Waals surface area contributed by atoms with E-state index in [1.54, 1.807) is 0 Å². The van der Waals surface area contributed by atoms with Gasteiger partial charge in [0.05, 0.1) is 6.61 Å². The number of rotatable bonds is 11. The van der Waals surface area contributed by atoms with Gasteiger partial charge in [-0.1, -0.05) is 26.2 Å². The summed E-state index contributed by atoms with van der Waals surface area (Å²) in [4.78, 5) is 0. The van der Waals surface area contributed by atoms with Crippen LogP contribution in [0.1, 0.15) is 45.4 Å². The molecule has 0 aliphatic heterocycles. The SMILES string of the molecule is CCCCCCOCC(CN)CCCN. The summed E-state index contributed by atoms with van der Waals surface area (Å²) in [6.45, 7) is 5.39. The van der Waals surface area contributed by atoms with Crippen molar-refractivity contribution in [3.63, 3.8) is 0 Å². The summed E-state index contributed by atoms with van der Waals surface area (Å²) >= 11 is 0. The van der Waals surface area contributed by atoms with Crippen molar-refractivity contribution >= 4 is 0 Å². The van der Waals surface area contributed by atoms with Crippen LogP contribution in [0.5, 0.6) is 0 Å². The van der Waals surface area contributed by atoms with Crippen molar-refractivity contribution in [3.05, 3.63) is 0 Å². The fourth-order valence-electron chi connectivity index (χ4n) is 1.56. The maximum atomic E-state index is 5.66. The lowest BCUT2D eigenvalue weighted by molar-refractivity contribution is 0.0950. The van der Waals surface area contributed by atoms with E-state index in [1.807, 2.05) is 0 Å². The van der Waals surface area contributed by atoms with Gasteiger partial charge in [0.1, 0.15) is 0 Å². The molecule has 0 aromatic rings. The monoisotopic (exact) mass is 216 g/mol. The van der Waals surface area contributed by atoms with Gasteiger partial charge in [-0.05, 0) is 38.3 Å². The number of unbranched alkanes of at least 4 members (excludes halogenated alkanes) is 3. The van der Waals surface area contributed by atoms with E-state index in [0.717, 1.165) is 39.1 Å². The molecule has 0 heterocycles. The topological polar surface area (TPSA) is 61.3 Å². The molecule has 0 radical (unpaired) electrons. The highest BCUT2D eigenvalue weighted by Gasteiger charge is 2.05. The van der Waals surface area contributed by atoms with Crippen LogP contribution in [0.4, 0.5) is 0 Å². The lowest BCUT2D eigenvalue weighted by atomic mass is 10.1. The highest BCUT2D eigenvalue weighted by atomic mass is 16.5. The molecule has 1 atom stereocenters. The van der Waals surface area contributed by atoms with Crippen LogP contribution < -0.4 is 11.5 Å². The van der Waals surface area contributed by atoms with Crippen molar-refractivity contribution < 1.29 is 4.74 Å². The molecule has 1 unspecified atom stereocenters. The molecule has 3 nitrogen and oxygen atoms in total. The minimum absolute atomic E-state index is 0.500. The summed E-state index contributed by atoms with van der Waals surface area (Å²) in [5, 5.41) is 0. The number of ether oxygens (including phenoxy) is 1. The zero-order valence-electron chi connectivity index (χ0n) is 10.2. The van der Waals surface area contributed by atoms with Crippen LogP contribution in [0.25, 0.3) is 0 Å². The molecule has 92 valence electrons. The van der Waals surface area contributed by atoms with Crippen molar-refractivity contribution in [1.29, 1.82) is 0 Å². The number of hydrogen-bond acceptors (Lipinski definition) is 3. The van der Waals surface area contributed by atoms with Crippen LogP contribution >= 0.6 is 0 Å². The quantitative estimate of drug-likeness (QED) is 0.519. The molecule has 0 bridgehead atoms. The third-order valence-corrected chi connectivity index (χ3v) is 2.65. The Labute approximate surface area is 94.5 Å². The Kier molecular flexibility index (Phi) is 11.9. The summed E-state index contributed by atoms with van der Waals surface area (Å²) < 4.78 is 5.61. The molecule has 15 heavy (non-hydrogen) atoms. The van der Waals surface area contributed by atoms with Gasteiger partial charge in [0.25, 0.3) is 0 Å². The van der Waals surface area contributed by atoms with Gasteiger partial charge in [-0.2, -0.15) is 0 Å². The predicted molar refractivity (Wildman–Crippen MR) is 65.8 cm³/mol. The van der Waals surface area contributed by atoms with Crippen LogP contribution in [0.15, 0.2) is 0 Å². The van der Waals surface area contributed by atoms with E-state index < -0.39 is 0 Å². The molecular formula is C12H28N2O. The van der Waals surface area contributed by atoms with Crippen LogP contribution in [-0.2, 0) is 4.74 Å². The van der Waals surface area contributed by atoms with Crippen molar-refractivity contribution in [2.75, 3.05) is 26.3 Å². The van der Waals surface area contributed by atoms with E-state index in [1.165, 1.54) is 25.7 Å². The Balaban J connectivity index is 3.22. The first-order chi connectivity index (χ1) is 7.35. The zero-order chi connectivity index (χ0) is 11.4. The van der Waals surface area contributed by atoms with E-state index in [9.17, 15) is 0 Å². The largest absolute Gasteiger partial charge is 0.381 e. The van der Waals surface area contributed by atoms with Gasteiger partial charge in [-0.3, -0.25) is 0 Å². The predicted octanol–water partition coefficient (Wildman–Crippen LogP) is 1.90. The van der Waals surface area contributed by atoms with Crippen LogP contribution in [0.3, 0.4) is 0 Å². The van der Waals surface area contributed by atoms with E-state index in [0.29, 0.717) is 5.92 Å². The van der Waals surface area contributed by atoms with Gasteiger partial charge in [0, 0.05) is 6.61 Å². The summed E-state index contributed by atoms with van der Waals surface area (Å²) in [5.74, 6) is 0.500. The second-order valence-electron chi connectivity index (χ2n) is 4.17. The summed E-state index contributed by atoms with van der Waals surface area (Å²) in [5.41, 5.74) is 11.1. The van der Waals surface area contributed by atoms with Crippen LogP contribution in [0.2, 0.25) is 0 Å². The number of nitrogens with two attached hydrogens (primary N) is 2. The molecule has 3 heteroatoms. The Morgan fingerprint density at radius 1 is 1.07 bits per heavy atom. The highest BCUT2D eigenvalue weighted by Crippen LogP contribution is 2.06. The molecule has 0 aromatic carbocycles. The second-order valence-corrected chi connectivity index (χ2v) is 4.17. The molecular weight excluding hydrogens is 188 g/mol. The van der Waals surface area contributed by atoms with Crippen LogP contribution in [0, 0.1) is 5.92 Å². The third kappa shape index (κ3) is 10.2. The van der Waals surface area contributed by atoms with Crippen molar-refractivity contribution in [2.45, 2.75) is 45.4 Å². The van der Waals surface area contributed by atoms with Gasteiger partial charge in [-0.25, -0.2) is 0 Å². The Hall–Kier alpha value is -0.120. The second kappa shape index (κ2) is 12.0. The maximum absolute atomic E-state index is 5.66. The first-order valence-corrected chi connectivity index (χ1v) is 6.33. The van der Waals surface area contributed by atoms with Gasteiger partial charge in [-0.15, -0.1) is 0 Å². The van der Waals surface area contributed by atoms with Crippen molar-refractivity contribution in [1.82, 2.24) is 0 Å². The van der Waals surface area contributed by atoms with Crippen LogP contribution in [-0.4, -0.2) is 26.3 Å². The van der Waals surface area contributed by atoms with Crippen molar-refractivity contribution in [2.24, 2.45) is 17.4 Å². The lowest BCUT2D eigenvalue weighted by Gasteiger charge is -2.14. The fourth-order valence-corrected chi connectivity index (χ4v) is 1.56. The summed E-state index contributed by atoms with van der Waals surface area (Å²) in [7, 11) is 0. The highest BCUT2D eigenvalue weighted by molar-refractivity contribution is 4.59. The first-order valence-electron chi connectivity index (χ1n) is 6.33. The van der Waals surface area contributed by atoms with E-state index in [-0.39, 0.29) is 0 Å².